The highest BCUT2D eigenvalue weighted by Gasteiger charge is 2.24. The van der Waals surface area contributed by atoms with Gasteiger partial charge in [-0.2, -0.15) is 5.10 Å². The predicted octanol–water partition coefficient (Wildman–Crippen LogP) is 1.46. The summed E-state index contributed by atoms with van der Waals surface area (Å²) in [6, 6.07) is 1.39. The van der Waals surface area contributed by atoms with E-state index in [1.165, 1.54) is 0 Å². The van der Waals surface area contributed by atoms with Crippen LogP contribution in [-0.2, 0) is 16.0 Å². The number of aromatic nitrogens is 2. The van der Waals surface area contributed by atoms with Crippen LogP contribution in [0.2, 0.25) is 0 Å². The highest BCUT2D eigenvalue weighted by atomic mass is 16.2. The van der Waals surface area contributed by atoms with Crippen LogP contribution in [-0.4, -0.2) is 27.9 Å². The van der Waals surface area contributed by atoms with Gasteiger partial charge in [-0.3, -0.25) is 14.7 Å². The molecule has 0 aliphatic heterocycles. The number of nitrogens with one attached hydrogen (secondary N) is 2. The first kappa shape index (κ1) is 14.4. The average molecular weight is 251 g/mol. The van der Waals surface area contributed by atoms with Crippen molar-refractivity contribution in [1.29, 1.82) is 0 Å². The molecule has 100 valence electrons. The molecular formula is C13H21N3O2. The standard InChI is InChI=1S/C13H21N3O2/c1-9(15-12(18)13(2,3)4)11(17)6-5-10-7-8-14-16-10/h7-9H,5-6H2,1-4H3,(H,14,16)(H,15,18)/t9-/m0/s1. The number of nitrogens with zero attached hydrogens (tertiary/aromatic N) is 1. The molecule has 2 N–H and O–H groups in total. The third kappa shape index (κ3) is 4.31. The Balaban J connectivity index is 2.40. The van der Waals surface area contributed by atoms with Gasteiger partial charge in [0.15, 0.2) is 5.78 Å². The molecule has 0 aliphatic carbocycles. The number of hydrogen-bond acceptors (Lipinski definition) is 3. The van der Waals surface area contributed by atoms with Crippen molar-refractivity contribution in [3.05, 3.63) is 18.0 Å². The molecular weight excluding hydrogens is 230 g/mol. The molecule has 0 aromatic carbocycles. The molecule has 0 fully saturated rings. The molecule has 1 atom stereocenters. The van der Waals surface area contributed by atoms with E-state index in [9.17, 15) is 9.59 Å². The number of carbonyl (C=O) groups excluding carboxylic acids is 2. The zero-order valence-corrected chi connectivity index (χ0v) is 11.4. The van der Waals surface area contributed by atoms with Crippen molar-refractivity contribution in [2.24, 2.45) is 5.41 Å². The van der Waals surface area contributed by atoms with Crippen molar-refractivity contribution in [3.63, 3.8) is 0 Å². The van der Waals surface area contributed by atoms with Crippen LogP contribution in [0, 0.1) is 5.41 Å². The fraction of sp³-hybridized carbons (Fsp3) is 0.615. The van der Waals surface area contributed by atoms with Gasteiger partial charge in [-0.05, 0) is 19.4 Å². The topological polar surface area (TPSA) is 74.8 Å². The van der Waals surface area contributed by atoms with Crippen molar-refractivity contribution in [1.82, 2.24) is 15.5 Å². The van der Waals surface area contributed by atoms with Crippen LogP contribution >= 0.6 is 0 Å². The monoisotopic (exact) mass is 251 g/mol. The summed E-state index contributed by atoms with van der Waals surface area (Å²) in [6.07, 6.45) is 2.67. The van der Waals surface area contributed by atoms with Crippen LogP contribution in [0.3, 0.4) is 0 Å². The van der Waals surface area contributed by atoms with Crippen molar-refractivity contribution < 1.29 is 9.59 Å². The Hall–Kier alpha value is -1.65. The number of aryl methyl sites for hydroxylation is 1. The number of hydrogen-bond donors (Lipinski definition) is 2. The van der Waals surface area contributed by atoms with Gasteiger partial charge in [-0.1, -0.05) is 20.8 Å². The first-order valence-electron chi connectivity index (χ1n) is 6.12. The van der Waals surface area contributed by atoms with Gasteiger partial charge in [-0.15, -0.1) is 0 Å². The summed E-state index contributed by atoms with van der Waals surface area (Å²) in [5, 5.41) is 9.36. The zero-order chi connectivity index (χ0) is 13.8. The number of aromatic amines is 1. The minimum absolute atomic E-state index is 0.0298. The molecule has 0 saturated carbocycles. The number of rotatable bonds is 5. The molecule has 1 rings (SSSR count). The lowest BCUT2D eigenvalue weighted by Gasteiger charge is -2.21. The number of Topliss-reactive ketones (excluding diaryl/α,β-unsaturated/α-hetero) is 1. The molecule has 5 nitrogen and oxygen atoms in total. The Kier molecular flexibility index (Phi) is 4.64. The second kappa shape index (κ2) is 5.80. The number of amides is 1. The average Bonchev–Trinajstić information content (AvgIpc) is 2.77. The Morgan fingerprint density at radius 2 is 2.11 bits per heavy atom. The SMILES string of the molecule is C[C@H](NC(=O)C(C)(C)C)C(=O)CCc1ccn[nH]1. The summed E-state index contributed by atoms with van der Waals surface area (Å²) in [5.41, 5.74) is 0.454. The van der Waals surface area contributed by atoms with E-state index in [2.05, 4.69) is 15.5 Å². The molecule has 18 heavy (non-hydrogen) atoms. The van der Waals surface area contributed by atoms with Crippen LogP contribution in [0.5, 0.6) is 0 Å². The molecule has 0 radical (unpaired) electrons. The lowest BCUT2D eigenvalue weighted by Crippen LogP contribution is -2.44. The first-order chi connectivity index (χ1) is 8.30. The molecule has 0 saturated heterocycles. The molecule has 0 spiro atoms. The summed E-state index contributed by atoms with van der Waals surface area (Å²) in [4.78, 5) is 23.6. The van der Waals surface area contributed by atoms with Crippen molar-refractivity contribution in [2.75, 3.05) is 0 Å². The lowest BCUT2D eigenvalue weighted by atomic mass is 9.95. The second-order valence-electron chi connectivity index (χ2n) is 5.49. The van der Waals surface area contributed by atoms with Crippen molar-refractivity contribution >= 4 is 11.7 Å². The fourth-order valence-electron chi connectivity index (χ4n) is 1.39. The minimum Gasteiger partial charge on any atom is -0.346 e. The minimum atomic E-state index is -0.474. The summed E-state index contributed by atoms with van der Waals surface area (Å²) in [5.74, 6) is -0.0768. The molecule has 0 bridgehead atoms. The van der Waals surface area contributed by atoms with Gasteiger partial charge >= 0.3 is 0 Å². The Morgan fingerprint density at radius 1 is 1.44 bits per heavy atom. The molecule has 1 aromatic heterocycles. The molecule has 1 aromatic rings. The van der Waals surface area contributed by atoms with E-state index >= 15 is 0 Å². The molecule has 1 heterocycles. The summed E-state index contributed by atoms with van der Waals surface area (Å²) >= 11 is 0. The van der Waals surface area contributed by atoms with Crippen LogP contribution in [0.1, 0.15) is 39.8 Å². The van der Waals surface area contributed by atoms with Crippen molar-refractivity contribution in [2.45, 2.75) is 46.6 Å². The van der Waals surface area contributed by atoms with Gasteiger partial charge in [0.2, 0.25) is 5.91 Å². The fourth-order valence-corrected chi connectivity index (χ4v) is 1.39. The normalized spacial score (nSPS) is 13.1. The highest BCUT2D eigenvalue weighted by Crippen LogP contribution is 2.13. The van der Waals surface area contributed by atoms with Gasteiger partial charge in [0.05, 0.1) is 6.04 Å². The first-order valence-corrected chi connectivity index (χ1v) is 6.12. The van der Waals surface area contributed by atoms with E-state index in [1.54, 1.807) is 13.1 Å². The van der Waals surface area contributed by atoms with E-state index in [0.29, 0.717) is 12.8 Å². The van der Waals surface area contributed by atoms with Crippen LogP contribution in [0.25, 0.3) is 0 Å². The number of H-pyrrole nitrogens is 1. The summed E-state index contributed by atoms with van der Waals surface area (Å²) in [7, 11) is 0. The van der Waals surface area contributed by atoms with Crippen LogP contribution in [0.15, 0.2) is 12.3 Å². The van der Waals surface area contributed by atoms with Gasteiger partial charge < -0.3 is 5.32 Å². The third-order valence-corrected chi connectivity index (χ3v) is 2.71. The van der Waals surface area contributed by atoms with E-state index in [1.807, 2.05) is 26.8 Å². The van der Waals surface area contributed by atoms with E-state index in [4.69, 9.17) is 0 Å². The number of ketones is 1. The Morgan fingerprint density at radius 3 is 2.61 bits per heavy atom. The van der Waals surface area contributed by atoms with Crippen molar-refractivity contribution in [3.8, 4) is 0 Å². The van der Waals surface area contributed by atoms with Gasteiger partial charge in [0.25, 0.3) is 0 Å². The number of carbonyl (C=O) groups is 2. The Bertz CT molecular complexity index is 404. The van der Waals surface area contributed by atoms with E-state index in [0.717, 1.165) is 5.69 Å². The Labute approximate surface area is 107 Å². The lowest BCUT2D eigenvalue weighted by molar-refractivity contribution is -0.132. The maximum Gasteiger partial charge on any atom is 0.225 e. The maximum absolute atomic E-state index is 11.9. The largest absolute Gasteiger partial charge is 0.346 e. The van der Waals surface area contributed by atoms with Crippen LogP contribution < -0.4 is 5.32 Å². The molecule has 0 unspecified atom stereocenters. The van der Waals surface area contributed by atoms with E-state index in [-0.39, 0.29) is 11.7 Å². The smallest absolute Gasteiger partial charge is 0.225 e. The van der Waals surface area contributed by atoms with Gasteiger partial charge in [0, 0.05) is 23.7 Å². The van der Waals surface area contributed by atoms with Crippen LogP contribution in [0.4, 0.5) is 0 Å². The zero-order valence-electron chi connectivity index (χ0n) is 11.4. The van der Waals surface area contributed by atoms with Gasteiger partial charge in [-0.25, -0.2) is 0 Å². The highest BCUT2D eigenvalue weighted by molar-refractivity contribution is 5.90. The van der Waals surface area contributed by atoms with Gasteiger partial charge in [0.1, 0.15) is 0 Å². The maximum atomic E-state index is 11.9. The summed E-state index contributed by atoms with van der Waals surface area (Å²) < 4.78 is 0. The third-order valence-electron chi connectivity index (χ3n) is 2.71. The second-order valence-corrected chi connectivity index (χ2v) is 5.49. The molecule has 5 heteroatoms. The predicted molar refractivity (Wildman–Crippen MR) is 69.0 cm³/mol. The molecule has 0 aliphatic rings. The molecule has 1 amide bonds. The quantitative estimate of drug-likeness (QED) is 0.832. The van der Waals surface area contributed by atoms with E-state index < -0.39 is 11.5 Å². The summed E-state index contributed by atoms with van der Waals surface area (Å²) in [6.45, 7) is 7.19.